The number of hydrogen-bond acceptors (Lipinski definition) is 2. The van der Waals surface area contributed by atoms with Crippen molar-refractivity contribution in [1.29, 1.82) is 0 Å². The van der Waals surface area contributed by atoms with Gasteiger partial charge in [0.2, 0.25) is 0 Å². The second-order valence-electron chi connectivity index (χ2n) is 8.74. The lowest BCUT2D eigenvalue weighted by molar-refractivity contribution is 0.199. The molecule has 0 amide bonds. The number of epoxide rings is 1. The Bertz CT molecular complexity index is 1440. The van der Waals surface area contributed by atoms with Gasteiger partial charge in [0, 0.05) is 22.3 Å². The number of aliphatic hydroxyl groups excluding tert-OH is 1. The van der Waals surface area contributed by atoms with E-state index in [9.17, 15) is 22.7 Å². The molecule has 1 aliphatic rings. The number of hydrogen-bond donors (Lipinski definition) is 1. The lowest BCUT2D eigenvalue weighted by Gasteiger charge is -2.09. The molecule has 1 fully saturated rings. The van der Waals surface area contributed by atoms with Gasteiger partial charge in [0.25, 0.3) is 0 Å². The summed E-state index contributed by atoms with van der Waals surface area (Å²) in [5, 5.41) is 9.62. The minimum atomic E-state index is -0.975. The molecule has 5 rings (SSSR count). The molecule has 4 aromatic rings. The number of ether oxygens (including phenoxy) is 1. The van der Waals surface area contributed by atoms with Crippen LogP contribution in [0.1, 0.15) is 41.4 Å². The van der Waals surface area contributed by atoms with Crippen LogP contribution in [0.25, 0.3) is 34.4 Å². The van der Waals surface area contributed by atoms with Crippen LogP contribution in [-0.4, -0.2) is 11.7 Å². The van der Waals surface area contributed by atoms with Gasteiger partial charge in [-0.25, -0.2) is 17.6 Å². The van der Waals surface area contributed by atoms with Crippen molar-refractivity contribution in [2.75, 3.05) is 6.61 Å². The number of rotatable bonds is 6. The monoisotopic (exact) mass is 490 g/mol. The van der Waals surface area contributed by atoms with Gasteiger partial charge in [0.15, 0.2) is 23.3 Å². The largest absolute Gasteiger partial charge is 0.389 e. The van der Waals surface area contributed by atoms with E-state index in [2.05, 4.69) is 0 Å². The molecule has 2 atom stereocenters. The predicted molar refractivity (Wildman–Crippen MR) is 132 cm³/mol. The number of benzene rings is 4. The first kappa shape index (κ1) is 24.0. The smallest absolute Gasteiger partial charge is 0.167 e. The van der Waals surface area contributed by atoms with Crippen LogP contribution in [-0.2, 0) is 4.74 Å². The van der Waals surface area contributed by atoms with E-state index in [1.165, 1.54) is 30.3 Å². The topological polar surface area (TPSA) is 32.8 Å². The Morgan fingerprint density at radius 3 is 1.86 bits per heavy atom. The second kappa shape index (κ2) is 9.72. The lowest BCUT2D eigenvalue weighted by Crippen LogP contribution is -1.96. The molecule has 0 bridgehead atoms. The molecule has 1 saturated heterocycles. The van der Waals surface area contributed by atoms with Crippen LogP contribution in [0.5, 0.6) is 0 Å². The van der Waals surface area contributed by atoms with Gasteiger partial charge >= 0.3 is 0 Å². The van der Waals surface area contributed by atoms with Crippen molar-refractivity contribution in [2.45, 2.75) is 19.1 Å². The zero-order valence-corrected chi connectivity index (χ0v) is 19.3. The highest BCUT2D eigenvalue weighted by Crippen LogP contribution is 2.36. The molecule has 2 nitrogen and oxygen atoms in total. The third-order valence-corrected chi connectivity index (χ3v) is 6.29. The zero-order valence-electron chi connectivity index (χ0n) is 19.3. The van der Waals surface area contributed by atoms with Gasteiger partial charge in [0.05, 0.1) is 12.7 Å². The van der Waals surface area contributed by atoms with Crippen molar-refractivity contribution in [3.8, 4) is 22.3 Å². The molecule has 182 valence electrons. The van der Waals surface area contributed by atoms with E-state index in [1.807, 2.05) is 0 Å². The Hall–Kier alpha value is -3.74. The van der Waals surface area contributed by atoms with Gasteiger partial charge in [-0.15, -0.1) is 0 Å². The first-order chi connectivity index (χ1) is 17.3. The molecule has 0 aliphatic carbocycles. The summed E-state index contributed by atoms with van der Waals surface area (Å²) in [7, 11) is 0. The van der Waals surface area contributed by atoms with Crippen molar-refractivity contribution >= 4 is 12.2 Å². The highest BCUT2D eigenvalue weighted by molar-refractivity contribution is 5.74. The summed E-state index contributed by atoms with van der Waals surface area (Å²) in [6, 6.07) is 19.3. The number of aliphatic hydroxyl groups is 1. The Morgan fingerprint density at radius 1 is 0.722 bits per heavy atom. The molecule has 1 aliphatic heterocycles. The van der Waals surface area contributed by atoms with Gasteiger partial charge in [-0.3, -0.25) is 0 Å². The summed E-state index contributed by atoms with van der Waals surface area (Å²) in [4.78, 5) is 0. The van der Waals surface area contributed by atoms with E-state index >= 15 is 0 Å². The van der Waals surface area contributed by atoms with Crippen LogP contribution in [0.2, 0.25) is 0 Å². The summed E-state index contributed by atoms with van der Waals surface area (Å²) in [6.07, 6.45) is 2.04. The standard InChI is InChI=1S/C30H22F4O2/c1-17(35)19-8-10-21(11-9-19)23-13-12-22(27(31)28(23)32)7-4-18-2-5-20(6-3-18)24-14-15-25(26-16-36-26)30(34)29(24)33/h2-15,17,26,35H,16H2,1H3/b7-4+. The average Bonchev–Trinajstić information content (AvgIpc) is 3.72. The van der Waals surface area contributed by atoms with Crippen molar-refractivity contribution < 1.29 is 27.4 Å². The molecule has 1 heterocycles. The quantitative estimate of drug-likeness (QED) is 0.169. The van der Waals surface area contributed by atoms with Crippen LogP contribution >= 0.6 is 0 Å². The summed E-state index contributed by atoms with van der Waals surface area (Å²) < 4.78 is 63.5. The first-order valence-electron chi connectivity index (χ1n) is 11.5. The predicted octanol–water partition coefficient (Wildman–Crippen LogP) is 7.87. The summed E-state index contributed by atoms with van der Waals surface area (Å²) >= 11 is 0. The molecule has 0 radical (unpaired) electrons. The Labute approximate surface area is 206 Å². The van der Waals surface area contributed by atoms with Crippen LogP contribution < -0.4 is 0 Å². The van der Waals surface area contributed by atoms with Crippen molar-refractivity contribution in [2.24, 2.45) is 0 Å². The van der Waals surface area contributed by atoms with Gasteiger partial charge < -0.3 is 9.84 Å². The molecular formula is C30H22F4O2. The molecule has 0 aromatic heterocycles. The third-order valence-electron chi connectivity index (χ3n) is 6.29. The summed E-state index contributed by atoms with van der Waals surface area (Å²) in [6.45, 7) is 2.02. The summed E-state index contributed by atoms with van der Waals surface area (Å²) in [5.41, 5.74) is 2.92. The maximum Gasteiger partial charge on any atom is 0.167 e. The Kier molecular flexibility index (Phi) is 6.48. The van der Waals surface area contributed by atoms with E-state index in [1.54, 1.807) is 61.5 Å². The number of halogens is 4. The van der Waals surface area contributed by atoms with Crippen molar-refractivity contribution in [1.82, 2.24) is 0 Å². The second-order valence-corrected chi connectivity index (χ2v) is 8.74. The molecule has 4 aromatic carbocycles. The molecule has 0 saturated carbocycles. The van der Waals surface area contributed by atoms with Crippen LogP contribution in [0.4, 0.5) is 17.6 Å². The minimum Gasteiger partial charge on any atom is -0.389 e. The van der Waals surface area contributed by atoms with Crippen molar-refractivity contribution in [3.05, 3.63) is 118 Å². The van der Waals surface area contributed by atoms with Gasteiger partial charge in [-0.1, -0.05) is 84.9 Å². The highest BCUT2D eigenvalue weighted by Gasteiger charge is 2.30. The van der Waals surface area contributed by atoms with Crippen LogP contribution in [0.15, 0.2) is 72.8 Å². The first-order valence-corrected chi connectivity index (χ1v) is 11.5. The van der Waals surface area contributed by atoms with E-state index in [0.29, 0.717) is 28.9 Å². The molecule has 0 spiro atoms. The van der Waals surface area contributed by atoms with E-state index in [-0.39, 0.29) is 28.4 Å². The van der Waals surface area contributed by atoms with Gasteiger partial charge in [-0.05, 0) is 29.2 Å². The molecule has 6 heteroatoms. The molecular weight excluding hydrogens is 468 g/mol. The van der Waals surface area contributed by atoms with E-state index in [4.69, 9.17) is 4.74 Å². The fourth-order valence-electron chi connectivity index (χ4n) is 4.08. The average molecular weight is 490 g/mol. The lowest BCUT2D eigenvalue weighted by atomic mass is 9.99. The SMILES string of the molecule is CC(O)c1ccc(-c2ccc(/C=C/c3ccc(-c4ccc(C5CO5)c(F)c4F)cc3)c(F)c2F)cc1. The van der Waals surface area contributed by atoms with E-state index in [0.717, 1.165) is 0 Å². The summed E-state index contributed by atoms with van der Waals surface area (Å²) in [5.74, 6) is -3.77. The third kappa shape index (κ3) is 4.70. The molecule has 1 N–H and O–H groups in total. The van der Waals surface area contributed by atoms with Crippen molar-refractivity contribution in [3.63, 3.8) is 0 Å². The normalized spacial score (nSPS) is 15.9. The van der Waals surface area contributed by atoms with E-state index < -0.39 is 29.4 Å². The molecule has 36 heavy (non-hydrogen) atoms. The molecule has 2 unspecified atom stereocenters. The Morgan fingerprint density at radius 2 is 1.28 bits per heavy atom. The fourth-order valence-corrected chi connectivity index (χ4v) is 4.08. The highest BCUT2D eigenvalue weighted by atomic mass is 19.2. The fraction of sp³-hybridized carbons (Fsp3) is 0.133. The van der Waals surface area contributed by atoms with Crippen LogP contribution in [0.3, 0.4) is 0 Å². The van der Waals surface area contributed by atoms with Crippen LogP contribution in [0, 0.1) is 23.3 Å². The minimum absolute atomic E-state index is 0.0759. The zero-order chi connectivity index (χ0) is 25.4. The maximum atomic E-state index is 14.8. The Balaban J connectivity index is 1.35. The van der Waals surface area contributed by atoms with Gasteiger partial charge in [0.1, 0.15) is 6.10 Å². The maximum absolute atomic E-state index is 14.8. The van der Waals surface area contributed by atoms with Gasteiger partial charge in [-0.2, -0.15) is 0 Å².